The van der Waals surface area contributed by atoms with Crippen LogP contribution in [0.2, 0.25) is 0 Å². The van der Waals surface area contributed by atoms with Crippen molar-refractivity contribution in [1.82, 2.24) is 0 Å². The van der Waals surface area contributed by atoms with E-state index in [0.29, 0.717) is 0 Å². The Balaban J connectivity index is 2.32. The fourth-order valence-corrected chi connectivity index (χ4v) is 2.52. The van der Waals surface area contributed by atoms with Crippen molar-refractivity contribution in [1.29, 1.82) is 0 Å². The smallest absolute Gasteiger partial charge is 0.290 e. The SMILES string of the molecule is O=C(c1cccs1)C(N=Nc1ccc(Br)cc1)C(=O)C(F)(F)F. The van der Waals surface area contributed by atoms with Crippen LogP contribution in [-0.2, 0) is 4.79 Å². The van der Waals surface area contributed by atoms with Crippen LogP contribution in [0.1, 0.15) is 9.67 Å². The number of benzene rings is 1. The Kier molecular flexibility index (Phi) is 5.42. The number of hydrogen-bond donors (Lipinski definition) is 0. The predicted octanol–water partition coefficient (Wildman–Crippen LogP) is 4.98. The number of rotatable bonds is 5. The molecule has 1 aromatic heterocycles. The first-order valence-electron chi connectivity index (χ1n) is 6.14. The molecule has 0 aliphatic carbocycles. The molecule has 23 heavy (non-hydrogen) atoms. The van der Waals surface area contributed by atoms with Gasteiger partial charge in [-0.05, 0) is 35.7 Å². The largest absolute Gasteiger partial charge is 0.452 e. The first kappa shape index (κ1) is 17.5. The third kappa shape index (κ3) is 4.55. The average molecular weight is 405 g/mol. The topological polar surface area (TPSA) is 58.9 Å². The maximum atomic E-state index is 12.7. The van der Waals surface area contributed by atoms with Crippen molar-refractivity contribution < 1.29 is 22.8 Å². The third-order valence-electron chi connectivity index (χ3n) is 2.66. The second-order valence-electron chi connectivity index (χ2n) is 4.30. The van der Waals surface area contributed by atoms with Crippen LogP contribution in [0, 0.1) is 0 Å². The molecule has 120 valence electrons. The van der Waals surface area contributed by atoms with E-state index >= 15 is 0 Å². The van der Waals surface area contributed by atoms with Crippen LogP contribution in [0.3, 0.4) is 0 Å². The summed E-state index contributed by atoms with van der Waals surface area (Å²) in [4.78, 5) is 23.6. The van der Waals surface area contributed by atoms with Gasteiger partial charge in [-0.2, -0.15) is 23.4 Å². The summed E-state index contributed by atoms with van der Waals surface area (Å²) >= 11 is 4.13. The van der Waals surface area contributed by atoms with Crippen molar-refractivity contribution in [2.75, 3.05) is 0 Å². The standard InChI is InChI=1S/C14H8BrF3N2O2S/c15-8-3-5-9(6-4-8)19-20-11(13(22)14(16,17)18)12(21)10-2-1-7-23-10/h1-7,11H. The second-order valence-corrected chi connectivity index (χ2v) is 6.16. The molecule has 2 rings (SSSR count). The van der Waals surface area contributed by atoms with Gasteiger partial charge in [-0.15, -0.1) is 11.3 Å². The first-order valence-corrected chi connectivity index (χ1v) is 7.81. The summed E-state index contributed by atoms with van der Waals surface area (Å²) < 4.78 is 38.8. The van der Waals surface area contributed by atoms with E-state index in [-0.39, 0.29) is 10.6 Å². The van der Waals surface area contributed by atoms with Crippen molar-refractivity contribution in [3.63, 3.8) is 0 Å². The van der Waals surface area contributed by atoms with Crippen LogP contribution in [0.15, 0.2) is 56.5 Å². The van der Waals surface area contributed by atoms with Gasteiger partial charge >= 0.3 is 6.18 Å². The molecule has 0 amide bonds. The summed E-state index contributed by atoms with van der Waals surface area (Å²) in [5, 5.41) is 8.45. The molecule has 0 saturated carbocycles. The third-order valence-corrected chi connectivity index (χ3v) is 4.07. The van der Waals surface area contributed by atoms with Gasteiger partial charge in [0.1, 0.15) is 0 Å². The Morgan fingerprint density at radius 3 is 2.30 bits per heavy atom. The lowest BCUT2D eigenvalue weighted by molar-refractivity contribution is -0.171. The van der Waals surface area contributed by atoms with Gasteiger partial charge in [0, 0.05) is 4.47 Å². The number of hydrogen-bond acceptors (Lipinski definition) is 5. The number of thiophene rings is 1. The molecule has 0 bridgehead atoms. The molecule has 0 fully saturated rings. The molecular formula is C14H8BrF3N2O2S. The van der Waals surface area contributed by atoms with Crippen molar-refractivity contribution in [3.8, 4) is 0 Å². The Morgan fingerprint density at radius 1 is 1.13 bits per heavy atom. The Labute approximate surface area is 141 Å². The number of azo groups is 1. The lowest BCUT2D eigenvalue weighted by atomic mass is 10.1. The molecule has 4 nitrogen and oxygen atoms in total. The van der Waals surface area contributed by atoms with Gasteiger partial charge in [0.15, 0.2) is 0 Å². The zero-order valence-corrected chi connectivity index (χ0v) is 13.7. The van der Waals surface area contributed by atoms with Crippen molar-refractivity contribution in [3.05, 3.63) is 51.1 Å². The summed E-state index contributed by atoms with van der Waals surface area (Å²) in [5.41, 5.74) is 0.229. The van der Waals surface area contributed by atoms with E-state index in [9.17, 15) is 22.8 Å². The molecule has 0 saturated heterocycles. The Bertz CT molecular complexity index is 727. The lowest BCUT2D eigenvalue weighted by Gasteiger charge is -2.10. The van der Waals surface area contributed by atoms with E-state index < -0.39 is 23.8 Å². The Morgan fingerprint density at radius 2 is 1.78 bits per heavy atom. The highest BCUT2D eigenvalue weighted by atomic mass is 79.9. The summed E-state index contributed by atoms with van der Waals surface area (Å²) in [5.74, 6) is -3.26. The van der Waals surface area contributed by atoms with Crippen molar-refractivity contribution in [2.45, 2.75) is 12.2 Å². The molecular weight excluding hydrogens is 397 g/mol. The number of ketones is 2. The minimum atomic E-state index is -5.17. The van der Waals surface area contributed by atoms with E-state index in [1.165, 1.54) is 29.6 Å². The predicted molar refractivity (Wildman–Crippen MR) is 82.2 cm³/mol. The molecule has 0 aliphatic rings. The highest BCUT2D eigenvalue weighted by Crippen LogP contribution is 2.25. The highest BCUT2D eigenvalue weighted by Gasteiger charge is 2.47. The second kappa shape index (κ2) is 7.14. The molecule has 9 heteroatoms. The van der Waals surface area contributed by atoms with Gasteiger partial charge < -0.3 is 0 Å². The summed E-state index contributed by atoms with van der Waals surface area (Å²) in [6.45, 7) is 0. The lowest BCUT2D eigenvalue weighted by Crippen LogP contribution is -2.38. The van der Waals surface area contributed by atoms with Gasteiger partial charge in [0.05, 0.1) is 10.6 Å². The zero-order valence-electron chi connectivity index (χ0n) is 11.2. The van der Waals surface area contributed by atoms with Crippen LogP contribution in [0.25, 0.3) is 0 Å². The molecule has 1 unspecified atom stereocenters. The molecule has 0 spiro atoms. The fourth-order valence-electron chi connectivity index (χ4n) is 1.56. The van der Waals surface area contributed by atoms with E-state index in [1.807, 2.05) is 0 Å². The average Bonchev–Trinajstić information content (AvgIpc) is 3.02. The normalized spacial score (nSPS) is 13.2. The molecule has 2 aromatic rings. The monoisotopic (exact) mass is 404 g/mol. The minimum Gasteiger partial charge on any atom is -0.290 e. The van der Waals surface area contributed by atoms with Gasteiger partial charge in [-0.25, -0.2) is 0 Å². The van der Waals surface area contributed by atoms with Gasteiger partial charge in [0.2, 0.25) is 11.8 Å². The molecule has 0 N–H and O–H groups in total. The molecule has 1 atom stereocenters. The molecule has 1 aromatic carbocycles. The highest BCUT2D eigenvalue weighted by molar-refractivity contribution is 9.10. The number of Topliss-reactive ketones (excluding diaryl/α,β-unsaturated/α-hetero) is 2. The number of halogens is 4. The van der Waals surface area contributed by atoms with Gasteiger partial charge in [-0.1, -0.05) is 22.0 Å². The first-order chi connectivity index (χ1) is 10.8. The molecule has 0 aliphatic heterocycles. The summed E-state index contributed by atoms with van der Waals surface area (Å²) in [6, 6.07) is 6.78. The van der Waals surface area contributed by atoms with Crippen LogP contribution in [0.4, 0.5) is 18.9 Å². The molecule has 0 radical (unpaired) electrons. The number of nitrogens with zero attached hydrogens (tertiary/aromatic N) is 2. The molecule has 1 heterocycles. The quantitative estimate of drug-likeness (QED) is 0.400. The van der Waals surface area contributed by atoms with E-state index in [4.69, 9.17) is 0 Å². The zero-order chi connectivity index (χ0) is 17.0. The summed E-state index contributed by atoms with van der Waals surface area (Å²) in [6.07, 6.45) is -5.17. The van der Waals surface area contributed by atoms with E-state index in [1.54, 1.807) is 12.1 Å². The van der Waals surface area contributed by atoms with Crippen LogP contribution in [-0.4, -0.2) is 23.8 Å². The van der Waals surface area contributed by atoms with E-state index in [0.717, 1.165) is 15.8 Å². The van der Waals surface area contributed by atoms with Gasteiger partial charge in [0.25, 0.3) is 5.78 Å². The van der Waals surface area contributed by atoms with Crippen LogP contribution in [0.5, 0.6) is 0 Å². The number of alkyl halides is 3. The minimum absolute atomic E-state index is 0.0161. The summed E-state index contributed by atoms with van der Waals surface area (Å²) in [7, 11) is 0. The fraction of sp³-hybridized carbons (Fsp3) is 0.143. The maximum absolute atomic E-state index is 12.7. The van der Waals surface area contributed by atoms with Gasteiger partial charge in [-0.3, -0.25) is 9.59 Å². The maximum Gasteiger partial charge on any atom is 0.452 e. The number of carbonyl (C=O) groups excluding carboxylic acids is 2. The van der Waals surface area contributed by atoms with E-state index in [2.05, 4.69) is 26.2 Å². The van der Waals surface area contributed by atoms with Crippen LogP contribution >= 0.6 is 27.3 Å². The van der Waals surface area contributed by atoms with Crippen molar-refractivity contribution >= 4 is 44.5 Å². The van der Waals surface area contributed by atoms with Crippen LogP contribution < -0.4 is 0 Å². The van der Waals surface area contributed by atoms with Crippen molar-refractivity contribution in [2.24, 2.45) is 10.2 Å². The number of carbonyl (C=O) groups is 2. The Hall–Kier alpha value is -1.87.